The molecule has 0 aliphatic heterocycles. The zero-order valence-electron chi connectivity index (χ0n) is 20.7. The summed E-state index contributed by atoms with van der Waals surface area (Å²) in [5.74, 6) is 0.475. The van der Waals surface area contributed by atoms with Crippen LogP contribution in [0.5, 0.6) is 0 Å². The summed E-state index contributed by atoms with van der Waals surface area (Å²) in [6.45, 7) is 6.31. The maximum absolute atomic E-state index is 12.8. The smallest absolute Gasteiger partial charge is 0.341 e. The van der Waals surface area contributed by atoms with Crippen molar-refractivity contribution in [2.24, 2.45) is 5.92 Å². The second-order valence-electron chi connectivity index (χ2n) is 8.95. The molecule has 1 aliphatic carbocycles. The number of fused-ring (bicyclic) bond motifs is 1. The molecular weight excluding hydrogens is 490 g/mol. The second-order valence-corrected chi connectivity index (χ2v) is 11.1. The predicted molar refractivity (Wildman–Crippen MR) is 145 cm³/mol. The highest BCUT2D eigenvalue weighted by molar-refractivity contribution is 7.99. The summed E-state index contributed by atoms with van der Waals surface area (Å²) in [4.78, 5) is 31.4. The lowest BCUT2D eigenvalue weighted by atomic mass is 9.88. The quantitative estimate of drug-likeness (QED) is 0.273. The molecule has 1 amide bonds. The molecule has 3 aromatic rings. The summed E-state index contributed by atoms with van der Waals surface area (Å²) in [5.41, 5.74) is 4.97. The van der Waals surface area contributed by atoms with E-state index in [1.165, 1.54) is 28.7 Å². The number of rotatable bonds is 8. The Hall–Kier alpha value is -3.15. The third-order valence-electron chi connectivity index (χ3n) is 6.14. The lowest BCUT2D eigenvalue weighted by Crippen LogP contribution is -2.17. The van der Waals surface area contributed by atoms with Crippen molar-refractivity contribution >= 4 is 40.0 Å². The van der Waals surface area contributed by atoms with Crippen LogP contribution in [0.4, 0.5) is 5.00 Å². The average Bonchev–Trinajstić information content (AvgIpc) is 3.21. The minimum absolute atomic E-state index is 0.173. The first kappa shape index (κ1) is 25.9. The fraction of sp³-hybridized carbons (Fsp3) is 0.357. The fourth-order valence-electron chi connectivity index (χ4n) is 4.21. The number of esters is 1. The monoisotopic (exact) mass is 519 g/mol. The third-order valence-corrected chi connectivity index (χ3v) is 8.30. The van der Waals surface area contributed by atoms with Gasteiger partial charge in [0.2, 0.25) is 5.91 Å². The number of aryl methyl sites for hydroxylation is 1. The number of anilines is 1. The van der Waals surface area contributed by atoms with Crippen molar-refractivity contribution in [3.05, 3.63) is 63.5 Å². The summed E-state index contributed by atoms with van der Waals surface area (Å²) in [7, 11) is 0. The van der Waals surface area contributed by atoms with Crippen molar-refractivity contribution in [3.8, 4) is 17.3 Å². The number of hydrogen-bond acceptors (Lipinski definition) is 7. The molecule has 8 heteroatoms. The van der Waals surface area contributed by atoms with Gasteiger partial charge in [-0.2, -0.15) is 5.26 Å². The number of pyridine rings is 1. The lowest BCUT2D eigenvalue weighted by Gasteiger charge is -2.18. The molecule has 1 atom stereocenters. The Morgan fingerprint density at radius 2 is 2.03 bits per heavy atom. The Bertz CT molecular complexity index is 1310. The standard InChI is InChI=1S/C28H29N3O3S2/c1-4-34-28(33)25-21-11-7-18(3)15-23(21)36-27(25)31-24(32)13-14-35-26-20(16-29)10-12-22(30-26)19-8-5-17(2)6-9-19/h5-6,8-10,12,18H,4,7,11,13-15H2,1-3H3,(H,31,32). The molecule has 36 heavy (non-hydrogen) atoms. The van der Waals surface area contributed by atoms with E-state index in [0.29, 0.717) is 39.4 Å². The minimum atomic E-state index is -0.370. The van der Waals surface area contributed by atoms with E-state index in [1.807, 2.05) is 37.3 Å². The number of carbonyl (C=O) groups excluding carboxylic acids is 2. The molecule has 1 unspecified atom stereocenters. The molecule has 2 heterocycles. The zero-order chi connectivity index (χ0) is 25.7. The van der Waals surface area contributed by atoms with Crippen molar-refractivity contribution in [3.63, 3.8) is 0 Å². The van der Waals surface area contributed by atoms with E-state index in [0.717, 1.165) is 41.0 Å². The van der Waals surface area contributed by atoms with Crippen LogP contribution in [0.2, 0.25) is 0 Å². The van der Waals surface area contributed by atoms with Gasteiger partial charge in [0, 0.05) is 22.6 Å². The van der Waals surface area contributed by atoms with Crippen LogP contribution in [0.25, 0.3) is 11.3 Å². The minimum Gasteiger partial charge on any atom is -0.462 e. The molecule has 4 rings (SSSR count). The maximum Gasteiger partial charge on any atom is 0.341 e. The topological polar surface area (TPSA) is 92.1 Å². The Morgan fingerprint density at radius 1 is 1.25 bits per heavy atom. The molecule has 0 spiro atoms. The number of thioether (sulfide) groups is 1. The highest BCUT2D eigenvalue weighted by Crippen LogP contribution is 2.40. The molecule has 0 radical (unpaired) electrons. The van der Waals surface area contributed by atoms with Gasteiger partial charge in [-0.1, -0.05) is 36.8 Å². The van der Waals surface area contributed by atoms with E-state index >= 15 is 0 Å². The highest BCUT2D eigenvalue weighted by Gasteiger charge is 2.29. The number of nitrogens with zero attached hydrogens (tertiary/aromatic N) is 2. The van der Waals surface area contributed by atoms with Crippen molar-refractivity contribution in [2.45, 2.75) is 51.5 Å². The molecule has 0 saturated carbocycles. The molecule has 1 N–H and O–H groups in total. The summed E-state index contributed by atoms with van der Waals surface area (Å²) >= 11 is 2.88. The summed E-state index contributed by atoms with van der Waals surface area (Å²) < 4.78 is 5.29. The van der Waals surface area contributed by atoms with Crippen molar-refractivity contribution in [1.29, 1.82) is 5.26 Å². The van der Waals surface area contributed by atoms with Gasteiger partial charge in [-0.25, -0.2) is 9.78 Å². The van der Waals surface area contributed by atoms with Crippen LogP contribution < -0.4 is 5.32 Å². The predicted octanol–water partition coefficient (Wildman–Crippen LogP) is 6.41. The van der Waals surface area contributed by atoms with E-state index < -0.39 is 0 Å². The van der Waals surface area contributed by atoms with Gasteiger partial charge in [0.25, 0.3) is 0 Å². The maximum atomic E-state index is 12.8. The molecule has 6 nitrogen and oxygen atoms in total. The number of nitrogens with one attached hydrogen (secondary N) is 1. The Kier molecular flexibility index (Phi) is 8.44. The number of benzene rings is 1. The number of hydrogen-bond donors (Lipinski definition) is 1. The van der Waals surface area contributed by atoms with E-state index in [1.54, 1.807) is 13.0 Å². The van der Waals surface area contributed by atoms with Gasteiger partial charge in [0.05, 0.1) is 23.4 Å². The Morgan fingerprint density at radius 3 is 2.75 bits per heavy atom. The van der Waals surface area contributed by atoms with Gasteiger partial charge in [0.1, 0.15) is 16.1 Å². The van der Waals surface area contributed by atoms with Crippen LogP contribution in [-0.4, -0.2) is 29.2 Å². The first-order chi connectivity index (χ1) is 17.4. The van der Waals surface area contributed by atoms with Crippen LogP contribution in [0.3, 0.4) is 0 Å². The number of thiophene rings is 1. The van der Waals surface area contributed by atoms with Crippen molar-refractivity contribution < 1.29 is 14.3 Å². The van der Waals surface area contributed by atoms with Gasteiger partial charge < -0.3 is 10.1 Å². The van der Waals surface area contributed by atoms with Gasteiger partial charge >= 0.3 is 5.97 Å². The number of amides is 1. The zero-order valence-corrected chi connectivity index (χ0v) is 22.4. The number of nitriles is 1. The normalized spacial score (nSPS) is 14.6. The van der Waals surface area contributed by atoms with E-state index in [9.17, 15) is 14.9 Å². The average molecular weight is 520 g/mol. The first-order valence-corrected chi connectivity index (χ1v) is 13.9. The number of ether oxygens (including phenoxy) is 1. The largest absolute Gasteiger partial charge is 0.462 e. The highest BCUT2D eigenvalue weighted by atomic mass is 32.2. The Labute approximate surface area is 220 Å². The molecule has 2 aromatic heterocycles. The van der Waals surface area contributed by atoms with E-state index in [-0.39, 0.29) is 18.3 Å². The van der Waals surface area contributed by atoms with Crippen molar-refractivity contribution in [2.75, 3.05) is 17.7 Å². The van der Waals surface area contributed by atoms with Gasteiger partial charge in [0.15, 0.2) is 0 Å². The number of carbonyl (C=O) groups is 2. The van der Waals surface area contributed by atoms with E-state index in [4.69, 9.17) is 4.74 Å². The SMILES string of the molecule is CCOC(=O)c1c(NC(=O)CCSc2nc(-c3ccc(C)cc3)ccc2C#N)sc2c1CCC(C)C2. The fourth-order valence-corrected chi connectivity index (χ4v) is 6.54. The van der Waals surface area contributed by atoms with Crippen LogP contribution in [0.15, 0.2) is 41.4 Å². The van der Waals surface area contributed by atoms with Crippen molar-refractivity contribution in [1.82, 2.24) is 4.98 Å². The molecular formula is C28H29N3O3S2. The Balaban J connectivity index is 1.44. The number of aromatic nitrogens is 1. The van der Waals surface area contributed by atoms with Crippen LogP contribution in [-0.2, 0) is 22.4 Å². The molecule has 0 fully saturated rings. The second kappa shape index (κ2) is 11.7. The van der Waals surface area contributed by atoms with Gasteiger partial charge in [-0.05, 0) is 56.7 Å². The summed E-state index contributed by atoms with van der Waals surface area (Å²) in [6, 6.07) is 13.9. The first-order valence-electron chi connectivity index (χ1n) is 12.1. The molecule has 1 aromatic carbocycles. The molecule has 0 bridgehead atoms. The molecule has 186 valence electrons. The van der Waals surface area contributed by atoms with Gasteiger partial charge in [-0.3, -0.25) is 4.79 Å². The summed E-state index contributed by atoms with van der Waals surface area (Å²) in [6.07, 6.45) is 2.99. The molecule has 0 saturated heterocycles. The van der Waals surface area contributed by atoms with Crippen LogP contribution in [0, 0.1) is 24.2 Å². The van der Waals surface area contributed by atoms with Crippen LogP contribution in [0.1, 0.15) is 58.6 Å². The van der Waals surface area contributed by atoms with Gasteiger partial charge in [-0.15, -0.1) is 23.1 Å². The third kappa shape index (κ3) is 5.97. The van der Waals surface area contributed by atoms with E-state index in [2.05, 4.69) is 23.3 Å². The summed E-state index contributed by atoms with van der Waals surface area (Å²) in [5, 5.41) is 13.7. The lowest BCUT2D eigenvalue weighted by molar-refractivity contribution is -0.115. The van der Waals surface area contributed by atoms with Crippen LogP contribution >= 0.6 is 23.1 Å². The molecule has 1 aliphatic rings.